The van der Waals surface area contributed by atoms with Crippen molar-refractivity contribution in [2.45, 2.75) is 13.5 Å². The van der Waals surface area contributed by atoms with Crippen LogP contribution in [0.5, 0.6) is 11.5 Å². The van der Waals surface area contributed by atoms with Gasteiger partial charge in [-0.2, -0.15) is 0 Å². The van der Waals surface area contributed by atoms with E-state index in [2.05, 4.69) is 15.9 Å². The van der Waals surface area contributed by atoms with Crippen LogP contribution in [0.4, 0.5) is 0 Å². The first-order valence-electron chi connectivity index (χ1n) is 6.15. The van der Waals surface area contributed by atoms with E-state index in [0.717, 1.165) is 27.6 Å². The van der Waals surface area contributed by atoms with Gasteiger partial charge in [0.25, 0.3) is 0 Å². The maximum Gasteiger partial charge on any atom is 0.153 e. The molecule has 0 amide bonds. The minimum Gasteiger partial charge on any atom is -0.496 e. The van der Waals surface area contributed by atoms with E-state index < -0.39 is 0 Å². The average molecular weight is 335 g/mol. The van der Waals surface area contributed by atoms with Gasteiger partial charge in [0.1, 0.15) is 18.1 Å². The van der Waals surface area contributed by atoms with Crippen molar-refractivity contribution in [2.24, 2.45) is 0 Å². The van der Waals surface area contributed by atoms with Crippen molar-refractivity contribution in [3.63, 3.8) is 0 Å². The number of halogens is 1. The van der Waals surface area contributed by atoms with Crippen molar-refractivity contribution in [1.29, 1.82) is 0 Å². The first-order valence-corrected chi connectivity index (χ1v) is 6.95. The molecular weight excluding hydrogens is 320 g/mol. The SMILES string of the molecule is COc1ccccc1COc1c(C)cc(Br)cc1C=O. The number of hydrogen-bond acceptors (Lipinski definition) is 3. The lowest BCUT2D eigenvalue weighted by Gasteiger charge is -2.13. The Hall–Kier alpha value is -1.81. The quantitative estimate of drug-likeness (QED) is 0.770. The summed E-state index contributed by atoms with van der Waals surface area (Å²) in [5.74, 6) is 1.38. The normalized spacial score (nSPS) is 10.2. The van der Waals surface area contributed by atoms with Crippen LogP contribution in [0.3, 0.4) is 0 Å². The molecule has 20 heavy (non-hydrogen) atoms. The van der Waals surface area contributed by atoms with Crippen LogP contribution >= 0.6 is 15.9 Å². The van der Waals surface area contributed by atoms with Gasteiger partial charge in [-0.25, -0.2) is 0 Å². The zero-order chi connectivity index (χ0) is 14.5. The van der Waals surface area contributed by atoms with Gasteiger partial charge in [0, 0.05) is 10.0 Å². The van der Waals surface area contributed by atoms with E-state index in [4.69, 9.17) is 9.47 Å². The Kier molecular flexibility index (Phi) is 4.79. The molecule has 0 radical (unpaired) electrons. The zero-order valence-electron chi connectivity index (χ0n) is 11.4. The molecule has 0 aliphatic carbocycles. The van der Waals surface area contributed by atoms with Crippen molar-refractivity contribution >= 4 is 22.2 Å². The summed E-state index contributed by atoms with van der Waals surface area (Å²) in [7, 11) is 1.63. The zero-order valence-corrected chi connectivity index (χ0v) is 12.9. The topological polar surface area (TPSA) is 35.5 Å². The van der Waals surface area contributed by atoms with Gasteiger partial charge in [-0.1, -0.05) is 34.1 Å². The fourth-order valence-electron chi connectivity index (χ4n) is 2.01. The number of ether oxygens (including phenoxy) is 2. The second kappa shape index (κ2) is 6.57. The molecule has 4 heteroatoms. The maximum absolute atomic E-state index is 11.1. The van der Waals surface area contributed by atoms with E-state index in [1.807, 2.05) is 37.3 Å². The highest BCUT2D eigenvalue weighted by molar-refractivity contribution is 9.10. The van der Waals surface area contributed by atoms with E-state index in [9.17, 15) is 4.79 Å². The molecular formula is C16H15BrO3. The lowest BCUT2D eigenvalue weighted by molar-refractivity contribution is 0.111. The van der Waals surface area contributed by atoms with E-state index in [1.54, 1.807) is 13.2 Å². The number of benzene rings is 2. The molecule has 0 aliphatic rings. The van der Waals surface area contributed by atoms with Crippen molar-refractivity contribution in [3.05, 3.63) is 57.6 Å². The standard InChI is InChI=1S/C16H15BrO3/c1-11-7-14(17)8-13(9-18)16(11)20-10-12-5-3-4-6-15(12)19-2/h3-9H,10H2,1-2H3. The second-order valence-electron chi connectivity index (χ2n) is 4.36. The van der Waals surface area contributed by atoms with Crippen LogP contribution in [0.1, 0.15) is 21.5 Å². The summed E-state index contributed by atoms with van der Waals surface area (Å²) in [6.07, 6.45) is 0.801. The van der Waals surface area contributed by atoms with Crippen LogP contribution in [0.15, 0.2) is 40.9 Å². The summed E-state index contributed by atoms with van der Waals surface area (Å²) in [5.41, 5.74) is 2.39. The molecule has 0 heterocycles. The monoisotopic (exact) mass is 334 g/mol. The number of hydrogen-bond donors (Lipinski definition) is 0. The molecule has 2 rings (SSSR count). The summed E-state index contributed by atoms with van der Waals surface area (Å²) < 4.78 is 12.0. The highest BCUT2D eigenvalue weighted by atomic mass is 79.9. The Morgan fingerprint density at radius 1 is 1.25 bits per heavy atom. The van der Waals surface area contributed by atoms with Crippen molar-refractivity contribution in [1.82, 2.24) is 0 Å². The molecule has 0 aliphatic heterocycles. The Balaban J connectivity index is 2.25. The number of methoxy groups -OCH3 is 1. The molecule has 0 spiro atoms. The summed E-state index contributed by atoms with van der Waals surface area (Å²) in [5, 5.41) is 0. The minimum atomic E-state index is 0.354. The van der Waals surface area contributed by atoms with Crippen molar-refractivity contribution in [2.75, 3.05) is 7.11 Å². The predicted octanol–water partition coefficient (Wildman–Crippen LogP) is 4.16. The molecule has 0 fully saturated rings. The largest absolute Gasteiger partial charge is 0.496 e. The molecule has 0 aromatic heterocycles. The van der Waals surface area contributed by atoms with Gasteiger partial charge in [-0.3, -0.25) is 4.79 Å². The van der Waals surface area contributed by atoms with Crippen LogP contribution in [0.2, 0.25) is 0 Å². The molecule has 0 N–H and O–H groups in total. The molecule has 2 aromatic rings. The van der Waals surface area contributed by atoms with Gasteiger partial charge in [0.05, 0.1) is 12.7 Å². The molecule has 0 bridgehead atoms. The van der Waals surface area contributed by atoms with Crippen LogP contribution in [-0.2, 0) is 6.61 Å². The Bertz CT molecular complexity index is 623. The van der Waals surface area contributed by atoms with Crippen LogP contribution in [0, 0.1) is 6.92 Å². The molecule has 104 valence electrons. The fraction of sp³-hybridized carbons (Fsp3) is 0.188. The molecule has 0 atom stereocenters. The van der Waals surface area contributed by atoms with Gasteiger partial charge < -0.3 is 9.47 Å². The van der Waals surface area contributed by atoms with Gasteiger partial charge in [-0.05, 0) is 30.7 Å². The minimum absolute atomic E-state index is 0.354. The Morgan fingerprint density at radius 2 is 2.00 bits per heavy atom. The third-order valence-corrected chi connectivity index (χ3v) is 3.42. The lowest BCUT2D eigenvalue weighted by atomic mass is 10.1. The van der Waals surface area contributed by atoms with E-state index in [0.29, 0.717) is 17.9 Å². The fourth-order valence-corrected chi connectivity index (χ4v) is 2.60. The summed E-state index contributed by atoms with van der Waals surface area (Å²) in [6.45, 7) is 2.27. The smallest absolute Gasteiger partial charge is 0.153 e. The Labute approximate surface area is 126 Å². The molecule has 0 saturated carbocycles. The number of para-hydroxylation sites is 1. The first kappa shape index (κ1) is 14.6. The summed E-state index contributed by atoms with van der Waals surface area (Å²) >= 11 is 3.37. The van der Waals surface area contributed by atoms with Crippen molar-refractivity contribution < 1.29 is 14.3 Å². The molecule has 3 nitrogen and oxygen atoms in total. The highest BCUT2D eigenvalue weighted by Crippen LogP contribution is 2.28. The summed E-state index contributed by atoms with van der Waals surface area (Å²) in [6, 6.07) is 11.3. The Morgan fingerprint density at radius 3 is 2.70 bits per heavy atom. The van der Waals surface area contributed by atoms with Crippen molar-refractivity contribution in [3.8, 4) is 11.5 Å². The van der Waals surface area contributed by atoms with Crippen LogP contribution in [0.25, 0.3) is 0 Å². The number of rotatable bonds is 5. The molecule has 0 unspecified atom stereocenters. The number of aryl methyl sites for hydroxylation is 1. The number of carbonyl (C=O) groups is 1. The third-order valence-electron chi connectivity index (χ3n) is 2.96. The number of carbonyl (C=O) groups excluding carboxylic acids is 1. The van der Waals surface area contributed by atoms with E-state index >= 15 is 0 Å². The third kappa shape index (κ3) is 3.20. The van der Waals surface area contributed by atoms with Crippen LogP contribution < -0.4 is 9.47 Å². The van der Waals surface area contributed by atoms with Gasteiger partial charge in [0.15, 0.2) is 6.29 Å². The van der Waals surface area contributed by atoms with Gasteiger partial charge in [-0.15, -0.1) is 0 Å². The summed E-state index contributed by atoms with van der Waals surface area (Å²) in [4.78, 5) is 11.1. The molecule has 0 saturated heterocycles. The first-order chi connectivity index (χ1) is 9.65. The predicted molar refractivity (Wildman–Crippen MR) is 81.6 cm³/mol. The number of aldehydes is 1. The average Bonchev–Trinajstić information content (AvgIpc) is 2.45. The lowest BCUT2D eigenvalue weighted by Crippen LogP contribution is -2.02. The maximum atomic E-state index is 11.1. The van der Waals surface area contributed by atoms with Gasteiger partial charge in [0.2, 0.25) is 0 Å². The highest BCUT2D eigenvalue weighted by Gasteiger charge is 2.10. The molecule has 2 aromatic carbocycles. The van der Waals surface area contributed by atoms with E-state index in [1.165, 1.54) is 0 Å². The second-order valence-corrected chi connectivity index (χ2v) is 5.28. The van der Waals surface area contributed by atoms with E-state index in [-0.39, 0.29) is 0 Å². The van der Waals surface area contributed by atoms with Gasteiger partial charge >= 0.3 is 0 Å². The van der Waals surface area contributed by atoms with Crippen LogP contribution in [-0.4, -0.2) is 13.4 Å².